The van der Waals surface area contributed by atoms with E-state index in [1.165, 1.54) is 5.56 Å². The summed E-state index contributed by atoms with van der Waals surface area (Å²) in [4.78, 5) is 4.45. The average Bonchev–Trinajstić information content (AvgIpc) is 3.00. The second kappa shape index (κ2) is 5.50. The lowest BCUT2D eigenvalue weighted by atomic mass is 10.1. The monoisotopic (exact) mass is 287 g/mol. The van der Waals surface area contributed by atoms with Crippen LogP contribution in [0.2, 0.25) is 0 Å². The number of hydrogen-bond donors (Lipinski definition) is 1. The highest BCUT2D eigenvalue weighted by Gasteiger charge is 2.32. The fourth-order valence-electron chi connectivity index (χ4n) is 2.56. The van der Waals surface area contributed by atoms with E-state index in [2.05, 4.69) is 9.55 Å². The minimum Gasteiger partial charge on any atom is -0.399 e. The number of ether oxygens (including phenoxy) is 2. The summed E-state index contributed by atoms with van der Waals surface area (Å²) in [5.41, 5.74) is 7.69. The van der Waals surface area contributed by atoms with Crippen molar-refractivity contribution < 1.29 is 9.47 Å². The standard InChI is InChI=1S/C16H21N3O2/c1-16(2)20-11-14(21-16)10-19-8-7-18-15(19)9-12-3-5-13(17)6-4-12/h3-8,14H,9-11,17H2,1-2H3. The predicted octanol–water partition coefficient (Wildman–Crippen LogP) is 2.21. The van der Waals surface area contributed by atoms with Gasteiger partial charge in [0.2, 0.25) is 0 Å². The number of anilines is 1. The first kappa shape index (κ1) is 14.1. The molecule has 1 aliphatic rings. The largest absolute Gasteiger partial charge is 0.399 e. The van der Waals surface area contributed by atoms with Gasteiger partial charge in [-0.3, -0.25) is 0 Å². The van der Waals surface area contributed by atoms with E-state index >= 15 is 0 Å². The molecule has 0 spiro atoms. The average molecular weight is 287 g/mol. The van der Waals surface area contributed by atoms with Crippen LogP contribution in [0.15, 0.2) is 36.7 Å². The molecule has 0 saturated carbocycles. The van der Waals surface area contributed by atoms with E-state index in [9.17, 15) is 0 Å². The Hall–Kier alpha value is -1.85. The van der Waals surface area contributed by atoms with Crippen molar-refractivity contribution in [2.45, 2.75) is 38.7 Å². The number of nitrogens with zero attached hydrogens (tertiary/aromatic N) is 2. The first-order valence-electron chi connectivity index (χ1n) is 7.18. The highest BCUT2D eigenvalue weighted by atomic mass is 16.7. The van der Waals surface area contributed by atoms with Crippen molar-refractivity contribution in [2.75, 3.05) is 12.3 Å². The summed E-state index contributed by atoms with van der Waals surface area (Å²) in [5.74, 6) is 0.538. The normalized spacial score (nSPS) is 20.8. The molecule has 21 heavy (non-hydrogen) atoms. The van der Waals surface area contributed by atoms with Crippen molar-refractivity contribution >= 4 is 5.69 Å². The molecule has 0 aliphatic carbocycles. The Balaban J connectivity index is 1.68. The smallest absolute Gasteiger partial charge is 0.163 e. The van der Waals surface area contributed by atoms with Crippen LogP contribution in [0.3, 0.4) is 0 Å². The summed E-state index contributed by atoms with van der Waals surface area (Å²) in [6, 6.07) is 7.90. The Morgan fingerprint density at radius 1 is 1.33 bits per heavy atom. The maximum atomic E-state index is 5.86. The fourth-order valence-corrected chi connectivity index (χ4v) is 2.56. The van der Waals surface area contributed by atoms with Crippen molar-refractivity contribution in [3.8, 4) is 0 Å². The van der Waals surface area contributed by atoms with E-state index in [1.807, 2.05) is 50.5 Å². The molecule has 112 valence electrons. The van der Waals surface area contributed by atoms with E-state index in [0.29, 0.717) is 6.61 Å². The van der Waals surface area contributed by atoms with Gasteiger partial charge in [0.1, 0.15) is 11.9 Å². The van der Waals surface area contributed by atoms with Gasteiger partial charge in [-0.05, 0) is 31.5 Å². The van der Waals surface area contributed by atoms with Crippen LogP contribution in [0, 0.1) is 0 Å². The van der Waals surface area contributed by atoms with Crippen molar-refractivity contribution in [3.63, 3.8) is 0 Å². The number of aromatic nitrogens is 2. The molecule has 0 amide bonds. The minimum absolute atomic E-state index is 0.0689. The van der Waals surface area contributed by atoms with Gasteiger partial charge in [0.05, 0.1) is 13.2 Å². The van der Waals surface area contributed by atoms with Crippen molar-refractivity contribution in [1.29, 1.82) is 0 Å². The van der Waals surface area contributed by atoms with Gasteiger partial charge in [-0.25, -0.2) is 4.98 Å². The molecule has 2 N–H and O–H groups in total. The van der Waals surface area contributed by atoms with Crippen LogP contribution in [0.1, 0.15) is 25.2 Å². The third kappa shape index (κ3) is 3.43. The van der Waals surface area contributed by atoms with Gasteiger partial charge in [0.15, 0.2) is 5.79 Å². The Bertz CT molecular complexity index is 604. The second-order valence-corrected chi connectivity index (χ2v) is 5.86. The minimum atomic E-state index is -0.484. The molecule has 0 bridgehead atoms. The molecule has 5 nitrogen and oxygen atoms in total. The molecule has 5 heteroatoms. The molecular weight excluding hydrogens is 266 g/mol. The molecule has 3 rings (SSSR count). The number of hydrogen-bond acceptors (Lipinski definition) is 4. The second-order valence-electron chi connectivity index (χ2n) is 5.86. The lowest BCUT2D eigenvalue weighted by Crippen LogP contribution is -2.24. The summed E-state index contributed by atoms with van der Waals surface area (Å²) in [6.45, 7) is 5.26. The van der Waals surface area contributed by atoms with Gasteiger partial charge in [0.25, 0.3) is 0 Å². The van der Waals surface area contributed by atoms with E-state index in [-0.39, 0.29) is 6.10 Å². The van der Waals surface area contributed by atoms with Crippen LogP contribution in [-0.4, -0.2) is 28.0 Å². The molecule has 2 heterocycles. The van der Waals surface area contributed by atoms with Crippen molar-refractivity contribution in [2.24, 2.45) is 0 Å². The quantitative estimate of drug-likeness (QED) is 0.876. The number of imidazole rings is 1. The third-order valence-electron chi connectivity index (χ3n) is 3.61. The molecule has 1 aromatic heterocycles. The molecule has 1 unspecified atom stereocenters. The summed E-state index contributed by atoms with van der Waals surface area (Å²) in [7, 11) is 0. The van der Waals surface area contributed by atoms with E-state index in [0.717, 1.165) is 24.5 Å². The molecule has 1 atom stereocenters. The zero-order chi connectivity index (χ0) is 14.9. The van der Waals surface area contributed by atoms with E-state index in [1.54, 1.807) is 0 Å². The highest BCUT2D eigenvalue weighted by Crippen LogP contribution is 2.23. The SMILES string of the molecule is CC1(C)OCC(Cn2ccnc2Cc2ccc(N)cc2)O1. The Labute approximate surface area is 124 Å². The molecule has 1 aliphatic heterocycles. The molecule has 0 radical (unpaired) electrons. The molecule has 2 aromatic rings. The maximum absolute atomic E-state index is 5.86. The van der Waals surface area contributed by atoms with Crippen LogP contribution in [-0.2, 0) is 22.4 Å². The summed E-state index contributed by atoms with van der Waals surface area (Å²) in [5, 5.41) is 0. The van der Waals surface area contributed by atoms with Gasteiger partial charge in [-0.15, -0.1) is 0 Å². The zero-order valence-electron chi connectivity index (χ0n) is 12.5. The lowest BCUT2D eigenvalue weighted by Gasteiger charge is -2.18. The number of rotatable bonds is 4. The number of nitrogen functional groups attached to an aromatic ring is 1. The van der Waals surface area contributed by atoms with Crippen molar-refractivity contribution in [1.82, 2.24) is 9.55 Å². The zero-order valence-corrected chi connectivity index (χ0v) is 12.5. The van der Waals surface area contributed by atoms with Gasteiger partial charge < -0.3 is 19.8 Å². The van der Waals surface area contributed by atoms with Crippen LogP contribution in [0.4, 0.5) is 5.69 Å². The first-order valence-corrected chi connectivity index (χ1v) is 7.18. The first-order chi connectivity index (χ1) is 10.0. The third-order valence-corrected chi connectivity index (χ3v) is 3.61. The molecule has 1 fully saturated rings. The molecular formula is C16H21N3O2. The Morgan fingerprint density at radius 2 is 2.10 bits per heavy atom. The van der Waals surface area contributed by atoms with Gasteiger partial charge in [-0.1, -0.05) is 12.1 Å². The van der Waals surface area contributed by atoms with E-state index < -0.39 is 5.79 Å². The van der Waals surface area contributed by atoms with Gasteiger partial charge in [-0.2, -0.15) is 0 Å². The fraction of sp³-hybridized carbons (Fsp3) is 0.438. The van der Waals surface area contributed by atoms with Crippen LogP contribution in [0.25, 0.3) is 0 Å². The van der Waals surface area contributed by atoms with Crippen LogP contribution < -0.4 is 5.73 Å². The molecule has 1 aromatic carbocycles. The predicted molar refractivity (Wildman–Crippen MR) is 80.8 cm³/mol. The molecule has 1 saturated heterocycles. The van der Waals surface area contributed by atoms with Crippen molar-refractivity contribution in [3.05, 3.63) is 48.0 Å². The maximum Gasteiger partial charge on any atom is 0.163 e. The number of nitrogens with two attached hydrogens (primary N) is 1. The van der Waals surface area contributed by atoms with E-state index in [4.69, 9.17) is 15.2 Å². The Kier molecular flexibility index (Phi) is 3.69. The highest BCUT2D eigenvalue weighted by molar-refractivity contribution is 5.39. The summed E-state index contributed by atoms with van der Waals surface area (Å²) >= 11 is 0. The van der Waals surface area contributed by atoms with Gasteiger partial charge >= 0.3 is 0 Å². The summed E-state index contributed by atoms with van der Waals surface area (Å²) < 4.78 is 13.6. The Morgan fingerprint density at radius 3 is 2.76 bits per heavy atom. The van der Waals surface area contributed by atoms with Crippen LogP contribution >= 0.6 is 0 Å². The van der Waals surface area contributed by atoms with Gasteiger partial charge in [0, 0.05) is 24.5 Å². The lowest BCUT2D eigenvalue weighted by molar-refractivity contribution is -0.139. The summed E-state index contributed by atoms with van der Waals surface area (Å²) in [6.07, 6.45) is 4.67. The topological polar surface area (TPSA) is 62.3 Å². The van der Waals surface area contributed by atoms with Crippen LogP contribution in [0.5, 0.6) is 0 Å². The number of benzene rings is 1.